The number of halogens is 1. The van der Waals surface area contributed by atoms with Crippen LogP contribution in [0.1, 0.15) is 0 Å². The van der Waals surface area contributed by atoms with Crippen LogP contribution in [0.25, 0.3) is 5.65 Å². The lowest BCUT2D eigenvalue weighted by Crippen LogP contribution is -1.91. The molecule has 0 atom stereocenters. The van der Waals surface area contributed by atoms with E-state index in [2.05, 4.69) is 27.6 Å². The number of imidazole rings is 1. The van der Waals surface area contributed by atoms with E-state index in [0.29, 0.717) is 0 Å². The lowest BCUT2D eigenvalue weighted by Gasteiger charge is -1.95. The van der Waals surface area contributed by atoms with Gasteiger partial charge in [0.05, 0.1) is 6.20 Å². The minimum atomic E-state index is 0.758. The standard InChI is InChI=1S/C7H6IN3/c8-6-3-10-7-2-1-5(9)4-11(6)7/h1-4H,9H2. The predicted octanol–water partition coefficient (Wildman–Crippen LogP) is 1.52. The van der Waals surface area contributed by atoms with Crippen LogP contribution < -0.4 is 5.73 Å². The molecule has 3 nitrogen and oxygen atoms in total. The highest BCUT2D eigenvalue weighted by atomic mass is 127. The maximum absolute atomic E-state index is 5.60. The number of hydrogen-bond acceptors (Lipinski definition) is 2. The van der Waals surface area contributed by atoms with Crippen LogP contribution in [0.15, 0.2) is 24.5 Å². The van der Waals surface area contributed by atoms with Gasteiger partial charge >= 0.3 is 0 Å². The third-order valence-corrected chi connectivity index (χ3v) is 2.28. The van der Waals surface area contributed by atoms with Crippen LogP contribution in [-0.4, -0.2) is 9.38 Å². The number of nitrogens with two attached hydrogens (primary N) is 1. The zero-order valence-electron chi connectivity index (χ0n) is 5.66. The van der Waals surface area contributed by atoms with Crippen molar-refractivity contribution in [3.8, 4) is 0 Å². The summed E-state index contributed by atoms with van der Waals surface area (Å²) < 4.78 is 3.03. The first kappa shape index (κ1) is 6.90. The lowest BCUT2D eigenvalue weighted by molar-refractivity contribution is 1.15. The van der Waals surface area contributed by atoms with E-state index >= 15 is 0 Å². The molecule has 0 aliphatic rings. The quantitative estimate of drug-likeness (QED) is 0.729. The number of pyridine rings is 1. The van der Waals surface area contributed by atoms with E-state index < -0.39 is 0 Å². The van der Waals surface area contributed by atoms with Crippen molar-refractivity contribution < 1.29 is 0 Å². The summed E-state index contributed by atoms with van der Waals surface area (Å²) in [6.45, 7) is 0. The van der Waals surface area contributed by atoms with Crippen molar-refractivity contribution >= 4 is 33.9 Å². The van der Waals surface area contributed by atoms with Crippen molar-refractivity contribution in [1.29, 1.82) is 0 Å². The number of nitrogen functional groups attached to an aromatic ring is 1. The van der Waals surface area contributed by atoms with E-state index in [-0.39, 0.29) is 0 Å². The fourth-order valence-corrected chi connectivity index (χ4v) is 1.49. The van der Waals surface area contributed by atoms with E-state index in [0.717, 1.165) is 15.0 Å². The van der Waals surface area contributed by atoms with Gasteiger partial charge in [0.2, 0.25) is 0 Å². The van der Waals surface area contributed by atoms with Gasteiger partial charge in [-0.25, -0.2) is 4.98 Å². The normalized spacial score (nSPS) is 10.6. The number of fused-ring (bicyclic) bond motifs is 1. The molecule has 0 bridgehead atoms. The molecular formula is C7H6IN3. The summed E-state index contributed by atoms with van der Waals surface area (Å²) in [5, 5.41) is 0. The number of nitrogens with zero attached hydrogens (tertiary/aromatic N) is 2. The monoisotopic (exact) mass is 259 g/mol. The number of rotatable bonds is 0. The Morgan fingerprint density at radius 3 is 3.09 bits per heavy atom. The minimum absolute atomic E-state index is 0.758. The zero-order valence-corrected chi connectivity index (χ0v) is 7.82. The molecule has 0 amide bonds. The van der Waals surface area contributed by atoms with Crippen molar-refractivity contribution in [2.75, 3.05) is 5.73 Å². The predicted molar refractivity (Wildman–Crippen MR) is 52.3 cm³/mol. The van der Waals surface area contributed by atoms with Crippen molar-refractivity contribution in [2.24, 2.45) is 0 Å². The molecule has 56 valence electrons. The SMILES string of the molecule is Nc1ccc2ncc(I)n2c1. The second-order valence-corrected chi connectivity index (χ2v) is 3.38. The van der Waals surface area contributed by atoms with Crippen molar-refractivity contribution in [3.05, 3.63) is 28.2 Å². The highest BCUT2D eigenvalue weighted by Gasteiger charge is 1.97. The van der Waals surface area contributed by atoms with Crippen LogP contribution in [0, 0.1) is 3.70 Å². The van der Waals surface area contributed by atoms with Crippen molar-refractivity contribution in [2.45, 2.75) is 0 Å². The van der Waals surface area contributed by atoms with Gasteiger partial charge in [-0.1, -0.05) is 0 Å². The smallest absolute Gasteiger partial charge is 0.137 e. The molecule has 0 unspecified atom stereocenters. The summed E-state index contributed by atoms with van der Waals surface area (Å²) in [7, 11) is 0. The van der Waals surface area contributed by atoms with Crippen LogP contribution in [0.2, 0.25) is 0 Å². The van der Waals surface area contributed by atoms with Gasteiger partial charge in [0.15, 0.2) is 0 Å². The largest absolute Gasteiger partial charge is 0.398 e. The van der Waals surface area contributed by atoms with Crippen LogP contribution in [0.5, 0.6) is 0 Å². The summed E-state index contributed by atoms with van der Waals surface area (Å²) in [5.41, 5.74) is 7.29. The summed E-state index contributed by atoms with van der Waals surface area (Å²) in [5.74, 6) is 0. The molecule has 0 aromatic carbocycles. The highest BCUT2D eigenvalue weighted by Crippen LogP contribution is 2.11. The lowest BCUT2D eigenvalue weighted by atomic mass is 10.4. The Balaban J connectivity index is 2.87. The first-order valence-electron chi connectivity index (χ1n) is 3.15. The third kappa shape index (κ3) is 1.07. The van der Waals surface area contributed by atoms with Gasteiger partial charge in [-0.15, -0.1) is 0 Å². The topological polar surface area (TPSA) is 43.3 Å². The first-order chi connectivity index (χ1) is 5.27. The molecule has 0 aliphatic heterocycles. The Hall–Kier alpha value is -0.780. The maximum Gasteiger partial charge on any atom is 0.137 e. The van der Waals surface area contributed by atoms with Crippen LogP contribution in [0.3, 0.4) is 0 Å². The average molecular weight is 259 g/mol. The van der Waals surface area contributed by atoms with Gasteiger partial charge < -0.3 is 5.73 Å². The summed E-state index contributed by atoms with van der Waals surface area (Å²) in [6, 6.07) is 3.75. The Bertz CT molecular complexity index is 393. The molecule has 0 fully saturated rings. The Morgan fingerprint density at radius 2 is 2.27 bits per heavy atom. The fourth-order valence-electron chi connectivity index (χ4n) is 0.967. The first-order valence-corrected chi connectivity index (χ1v) is 4.23. The zero-order chi connectivity index (χ0) is 7.84. The molecule has 11 heavy (non-hydrogen) atoms. The van der Waals surface area contributed by atoms with Gasteiger partial charge in [-0.3, -0.25) is 4.40 Å². The highest BCUT2D eigenvalue weighted by molar-refractivity contribution is 14.1. The number of aromatic nitrogens is 2. The van der Waals surface area contributed by atoms with E-state index in [4.69, 9.17) is 5.73 Å². The molecule has 0 radical (unpaired) electrons. The second-order valence-electron chi connectivity index (χ2n) is 2.27. The van der Waals surface area contributed by atoms with Crippen molar-refractivity contribution in [1.82, 2.24) is 9.38 Å². The number of hydrogen-bond donors (Lipinski definition) is 1. The van der Waals surface area contributed by atoms with Crippen LogP contribution in [0.4, 0.5) is 5.69 Å². The van der Waals surface area contributed by atoms with Gasteiger partial charge in [0.25, 0.3) is 0 Å². The second kappa shape index (κ2) is 2.37. The minimum Gasteiger partial charge on any atom is -0.398 e. The summed E-state index contributed by atoms with van der Waals surface area (Å²) >= 11 is 2.21. The average Bonchev–Trinajstić information content (AvgIpc) is 2.33. The maximum atomic E-state index is 5.60. The van der Waals surface area contributed by atoms with Gasteiger partial charge in [-0.05, 0) is 34.7 Å². The van der Waals surface area contributed by atoms with Crippen molar-refractivity contribution in [3.63, 3.8) is 0 Å². The molecule has 0 spiro atoms. The van der Waals surface area contributed by atoms with E-state index in [1.165, 1.54) is 0 Å². The van der Waals surface area contributed by atoms with E-state index in [1.54, 1.807) is 0 Å². The number of anilines is 1. The molecule has 0 saturated carbocycles. The van der Waals surface area contributed by atoms with E-state index in [9.17, 15) is 0 Å². The molecule has 0 aliphatic carbocycles. The van der Waals surface area contributed by atoms with Crippen LogP contribution in [-0.2, 0) is 0 Å². The molecule has 2 aromatic heterocycles. The Kier molecular flexibility index (Phi) is 1.49. The molecular weight excluding hydrogens is 253 g/mol. The fraction of sp³-hybridized carbons (Fsp3) is 0. The Morgan fingerprint density at radius 1 is 1.45 bits per heavy atom. The van der Waals surface area contributed by atoms with Gasteiger partial charge in [0, 0.05) is 11.9 Å². The molecule has 2 rings (SSSR count). The molecule has 2 aromatic rings. The summed E-state index contributed by atoms with van der Waals surface area (Å²) in [4.78, 5) is 4.16. The Labute approximate surface area is 77.4 Å². The summed E-state index contributed by atoms with van der Waals surface area (Å²) in [6.07, 6.45) is 3.68. The van der Waals surface area contributed by atoms with Crippen LogP contribution >= 0.6 is 22.6 Å². The van der Waals surface area contributed by atoms with Gasteiger partial charge in [-0.2, -0.15) is 0 Å². The molecule has 2 heterocycles. The third-order valence-electron chi connectivity index (χ3n) is 1.48. The van der Waals surface area contributed by atoms with Gasteiger partial charge in [0.1, 0.15) is 9.35 Å². The molecule has 4 heteroatoms. The van der Waals surface area contributed by atoms with E-state index in [1.807, 2.05) is 28.9 Å². The molecule has 2 N–H and O–H groups in total. The molecule has 0 saturated heterocycles.